The van der Waals surface area contributed by atoms with Gasteiger partial charge >= 0.3 is 0 Å². The molecule has 4 heteroatoms. The van der Waals surface area contributed by atoms with Crippen molar-refractivity contribution in [2.45, 2.75) is 64.6 Å². The Morgan fingerprint density at radius 2 is 2.24 bits per heavy atom. The zero-order chi connectivity index (χ0) is 12.8. The molecule has 3 unspecified atom stereocenters. The summed E-state index contributed by atoms with van der Waals surface area (Å²) in [5.74, 6) is 0.115. The number of nitrogens with one attached hydrogen (secondary N) is 1. The average Bonchev–Trinajstić information content (AvgIpc) is 2.71. The van der Waals surface area contributed by atoms with Crippen molar-refractivity contribution in [2.75, 3.05) is 13.1 Å². The van der Waals surface area contributed by atoms with Crippen LogP contribution in [0.1, 0.15) is 46.5 Å². The molecule has 1 fully saturated rings. The van der Waals surface area contributed by atoms with Gasteiger partial charge in [0.05, 0.1) is 12.1 Å². The van der Waals surface area contributed by atoms with Gasteiger partial charge in [-0.1, -0.05) is 6.92 Å². The number of aliphatic hydroxyl groups excluding tert-OH is 1. The van der Waals surface area contributed by atoms with Crippen LogP contribution in [0, 0.1) is 0 Å². The van der Waals surface area contributed by atoms with Crippen LogP contribution in [0.3, 0.4) is 0 Å². The van der Waals surface area contributed by atoms with Gasteiger partial charge in [0.15, 0.2) is 0 Å². The number of hydrogen-bond donors (Lipinski definition) is 2. The molecule has 17 heavy (non-hydrogen) atoms. The van der Waals surface area contributed by atoms with Crippen molar-refractivity contribution in [1.82, 2.24) is 10.2 Å². The van der Waals surface area contributed by atoms with E-state index >= 15 is 0 Å². The van der Waals surface area contributed by atoms with Crippen LogP contribution in [0.5, 0.6) is 0 Å². The molecule has 1 amide bonds. The molecule has 0 aromatic carbocycles. The lowest BCUT2D eigenvalue weighted by Crippen LogP contribution is -2.47. The monoisotopic (exact) mass is 242 g/mol. The van der Waals surface area contributed by atoms with Crippen molar-refractivity contribution in [2.24, 2.45) is 0 Å². The Morgan fingerprint density at radius 3 is 2.82 bits per heavy atom. The molecule has 1 rings (SSSR count). The Bertz CT molecular complexity index is 244. The highest BCUT2D eigenvalue weighted by Gasteiger charge is 2.32. The van der Waals surface area contributed by atoms with Crippen molar-refractivity contribution >= 4 is 5.91 Å². The second kappa shape index (κ2) is 6.97. The van der Waals surface area contributed by atoms with Crippen LogP contribution in [0.4, 0.5) is 0 Å². The summed E-state index contributed by atoms with van der Waals surface area (Å²) < 4.78 is 0. The van der Waals surface area contributed by atoms with Gasteiger partial charge in [-0.25, -0.2) is 0 Å². The third-order valence-corrected chi connectivity index (χ3v) is 3.46. The highest BCUT2D eigenvalue weighted by atomic mass is 16.3. The number of carbonyl (C=O) groups is 1. The normalized spacial score (nSPS) is 24.6. The molecule has 2 N–H and O–H groups in total. The Hall–Kier alpha value is -0.610. The fourth-order valence-corrected chi connectivity index (χ4v) is 2.56. The lowest BCUT2D eigenvalue weighted by molar-refractivity contribution is -0.126. The third-order valence-electron chi connectivity index (χ3n) is 3.46. The lowest BCUT2D eigenvalue weighted by Gasteiger charge is -2.30. The van der Waals surface area contributed by atoms with Crippen LogP contribution < -0.4 is 5.32 Å². The SMILES string of the molecule is CCCNC(=O)C(C)N1CCCC1CC(C)O. The molecule has 1 saturated heterocycles. The summed E-state index contributed by atoms with van der Waals surface area (Å²) in [5, 5.41) is 12.4. The van der Waals surface area contributed by atoms with Crippen LogP contribution >= 0.6 is 0 Å². The van der Waals surface area contributed by atoms with E-state index in [9.17, 15) is 9.90 Å². The molecule has 100 valence electrons. The van der Waals surface area contributed by atoms with E-state index in [1.54, 1.807) is 0 Å². The zero-order valence-electron chi connectivity index (χ0n) is 11.3. The maximum absolute atomic E-state index is 11.9. The fourth-order valence-electron chi connectivity index (χ4n) is 2.56. The number of rotatable bonds is 6. The number of nitrogens with zero attached hydrogens (tertiary/aromatic N) is 1. The first-order valence-corrected chi connectivity index (χ1v) is 6.77. The first kappa shape index (κ1) is 14.5. The van der Waals surface area contributed by atoms with Gasteiger partial charge in [0.2, 0.25) is 5.91 Å². The second-order valence-corrected chi connectivity index (χ2v) is 5.09. The quantitative estimate of drug-likeness (QED) is 0.734. The molecule has 0 bridgehead atoms. The summed E-state index contributed by atoms with van der Waals surface area (Å²) >= 11 is 0. The highest BCUT2D eigenvalue weighted by Crippen LogP contribution is 2.23. The number of aliphatic hydroxyl groups is 1. The summed E-state index contributed by atoms with van der Waals surface area (Å²) in [6.07, 6.45) is 3.67. The lowest BCUT2D eigenvalue weighted by atomic mass is 10.1. The van der Waals surface area contributed by atoms with Crippen molar-refractivity contribution in [3.05, 3.63) is 0 Å². The summed E-state index contributed by atoms with van der Waals surface area (Å²) in [6.45, 7) is 7.55. The van der Waals surface area contributed by atoms with E-state index in [1.807, 2.05) is 13.8 Å². The molecule has 0 spiro atoms. The number of carbonyl (C=O) groups excluding carboxylic acids is 1. The molecule has 0 aliphatic carbocycles. The summed E-state index contributed by atoms with van der Waals surface area (Å²) in [5.41, 5.74) is 0. The van der Waals surface area contributed by atoms with Crippen molar-refractivity contribution in [3.63, 3.8) is 0 Å². The molecule has 1 aliphatic heterocycles. The minimum atomic E-state index is -0.286. The van der Waals surface area contributed by atoms with Gasteiger partial charge in [-0.2, -0.15) is 0 Å². The van der Waals surface area contributed by atoms with E-state index in [0.29, 0.717) is 6.04 Å². The van der Waals surface area contributed by atoms with E-state index in [2.05, 4.69) is 17.1 Å². The Labute approximate surface area is 104 Å². The van der Waals surface area contributed by atoms with Gasteiger partial charge < -0.3 is 10.4 Å². The van der Waals surface area contributed by atoms with Crippen LogP contribution in [-0.2, 0) is 4.79 Å². The van der Waals surface area contributed by atoms with Crippen LogP contribution in [0.2, 0.25) is 0 Å². The first-order valence-electron chi connectivity index (χ1n) is 6.77. The van der Waals surface area contributed by atoms with E-state index in [0.717, 1.165) is 38.8 Å². The van der Waals surface area contributed by atoms with E-state index in [1.165, 1.54) is 0 Å². The summed E-state index contributed by atoms with van der Waals surface area (Å²) in [6, 6.07) is 0.283. The largest absolute Gasteiger partial charge is 0.393 e. The third kappa shape index (κ3) is 4.28. The van der Waals surface area contributed by atoms with Crippen LogP contribution in [0.15, 0.2) is 0 Å². The molecule has 0 aromatic heterocycles. The molecular formula is C13H26N2O2. The van der Waals surface area contributed by atoms with Crippen LogP contribution in [0.25, 0.3) is 0 Å². The van der Waals surface area contributed by atoms with E-state index < -0.39 is 0 Å². The Balaban J connectivity index is 2.48. The predicted octanol–water partition coefficient (Wildman–Crippen LogP) is 1.14. The molecular weight excluding hydrogens is 216 g/mol. The van der Waals surface area contributed by atoms with E-state index in [4.69, 9.17) is 0 Å². The summed E-state index contributed by atoms with van der Waals surface area (Å²) in [7, 11) is 0. The molecule has 4 nitrogen and oxygen atoms in total. The molecule has 0 aromatic rings. The number of hydrogen-bond acceptors (Lipinski definition) is 3. The zero-order valence-corrected chi connectivity index (χ0v) is 11.3. The Kier molecular flexibility index (Phi) is 5.92. The van der Waals surface area contributed by atoms with Gasteiger partial charge in [-0.05, 0) is 46.1 Å². The molecule has 0 saturated carbocycles. The molecule has 1 heterocycles. The highest BCUT2D eigenvalue weighted by molar-refractivity contribution is 5.81. The maximum atomic E-state index is 11.9. The minimum absolute atomic E-state index is 0.0761. The van der Waals surface area contributed by atoms with Crippen molar-refractivity contribution in [3.8, 4) is 0 Å². The van der Waals surface area contributed by atoms with Gasteiger partial charge in [0, 0.05) is 12.6 Å². The summed E-state index contributed by atoms with van der Waals surface area (Å²) in [4.78, 5) is 14.1. The Morgan fingerprint density at radius 1 is 1.53 bits per heavy atom. The van der Waals surface area contributed by atoms with Gasteiger partial charge in [-0.3, -0.25) is 9.69 Å². The number of amides is 1. The van der Waals surface area contributed by atoms with E-state index in [-0.39, 0.29) is 18.1 Å². The van der Waals surface area contributed by atoms with Crippen molar-refractivity contribution in [1.29, 1.82) is 0 Å². The first-order chi connectivity index (χ1) is 8.06. The van der Waals surface area contributed by atoms with Gasteiger partial charge in [0.1, 0.15) is 0 Å². The second-order valence-electron chi connectivity index (χ2n) is 5.09. The number of likely N-dealkylation sites (tertiary alicyclic amines) is 1. The predicted molar refractivity (Wildman–Crippen MR) is 68.8 cm³/mol. The standard InChI is InChI=1S/C13H26N2O2/c1-4-7-14-13(17)11(3)15-8-5-6-12(15)9-10(2)16/h10-12,16H,4-9H2,1-3H3,(H,14,17). The minimum Gasteiger partial charge on any atom is -0.393 e. The van der Waals surface area contributed by atoms with Gasteiger partial charge in [0.25, 0.3) is 0 Å². The van der Waals surface area contributed by atoms with Crippen molar-refractivity contribution < 1.29 is 9.90 Å². The molecule has 3 atom stereocenters. The average molecular weight is 242 g/mol. The molecule has 1 aliphatic rings. The smallest absolute Gasteiger partial charge is 0.237 e. The maximum Gasteiger partial charge on any atom is 0.237 e. The van der Waals surface area contributed by atoms with Crippen LogP contribution in [-0.4, -0.2) is 47.2 Å². The topological polar surface area (TPSA) is 52.6 Å². The molecule has 0 radical (unpaired) electrons. The fraction of sp³-hybridized carbons (Fsp3) is 0.923. The van der Waals surface area contributed by atoms with Gasteiger partial charge in [-0.15, -0.1) is 0 Å².